The first kappa shape index (κ1) is 12.8. The molecule has 1 heterocycles. The first-order valence-corrected chi connectivity index (χ1v) is 6.64. The van der Waals surface area contributed by atoms with Crippen molar-refractivity contribution < 1.29 is 9.18 Å². The Morgan fingerprint density at radius 2 is 2.05 bits per heavy atom. The zero-order valence-electron chi connectivity index (χ0n) is 10.2. The molecular formula is C14H9BrFN3O. The number of benzene rings is 2. The van der Waals surface area contributed by atoms with Gasteiger partial charge in [0.15, 0.2) is 5.82 Å². The molecular weight excluding hydrogens is 325 g/mol. The number of carbonyl (C=O) groups is 1. The zero-order chi connectivity index (χ0) is 14.1. The fourth-order valence-electron chi connectivity index (χ4n) is 1.91. The van der Waals surface area contributed by atoms with E-state index in [9.17, 15) is 9.18 Å². The van der Waals surface area contributed by atoms with E-state index in [1.807, 2.05) is 24.3 Å². The number of hydrogen-bond acceptors (Lipinski definition) is 2. The Morgan fingerprint density at radius 3 is 2.85 bits per heavy atom. The molecule has 0 bridgehead atoms. The molecule has 1 aromatic heterocycles. The van der Waals surface area contributed by atoms with Gasteiger partial charge in [-0.2, -0.15) is 5.10 Å². The number of amides is 1. The second-order valence-electron chi connectivity index (χ2n) is 4.20. The molecule has 0 radical (unpaired) electrons. The molecule has 3 rings (SSSR count). The molecule has 20 heavy (non-hydrogen) atoms. The Balaban J connectivity index is 1.92. The largest absolute Gasteiger partial charge is 0.304 e. The van der Waals surface area contributed by atoms with Gasteiger partial charge in [-0.15, -0.1) is 0 Å². The predicted octanol–water partition coefficient (Wildman–Crippen LogP) is 3.72. The quantitative estimate of drug-likeness (QED) is 0.750. The first-order valence-electron chi connectivity index (χ1n) is 5.84. The molecule has 1 amide bonds. The van der Waals surface area contributed by atoms with Crippen LogP contribution in [-0.4, -0.2) is 16.1 Å². The third-order valence-electron chi connectivity index (χ3n) is 2.88. The summed E-state index contributed by atoms with van der Waals surface area (Å²) in [6.07, 6.45) is 0. The SMILES string of the molecule is O=C(Nc1n[nH]c2ccccc12)c1ccc(Br)cc1F. The van der Waals surface area contributed by atoms with Gasteiger partial charge in [-0.05, 0) is 30.3 Å². The van der Waals surface area contributed by atoms with Gasteiger partial charge < -0.3 is 5.32 Å². The number of halogens is 2. The minimum absolute atomic E-state index is 0.0275. The van der Waals surface area contributed by atoms with Crippen molar-refractivity contribution in [3.8, 4) is 0 Å². The summed E-state index contributed by atoms with van der Waals surface area (Å²) in [6, 6.07) is 11.7. The minimum atomic E-state index is -0.586. The van der Waals surface area contributed by atoms with Crippen LogP contribution in [0.4, 0.5) is 10.2 Å². The maximum absolute atomic E-state index is 13.7. The molecule has 0 saturated heterocycles. The van der Waals surface area contributed by atoms with E-state index in [-0.39, 0.29) is 5.56 Å². The second-order valence-corrected chi connectivity index (χ2v) is 5.11. The molecule has 0 saturated carbocycles. The number of H-pyrrole nitrogens is 1. The van der Waals surface area contributed by atoms with Gasteiger partial charge in [0.2, 0.25) is 0 Å². The molecule has 0 spiro atoms. The fraction of sp³-hybridized carbons (Fsp3) is 0. The van der Waals surface area contributed by atoms with E-state index < -0.39 is 11.7 Å². The molecule has 6 heteroatoms. The highest BCUT2D eigenvalue weighted by atomic mass is 79.9. The summed E-state index contributed by atoms with van der Waals surface area (Å²) in [6.45, 7) is 0. The van der Waals surface area contributed by atoms with Crippen molar-refractivity contribution >= 4 is 38.6 Å². The number of nitrogens with one attached hydrogen (secondary N) is 2. The number of nitrogens with zero attached hydrogens (tertiary/aromatic N) is 1. The van der Waals surface area contributed by atoms with Crippen LogP contribution >= 0.6 is 15.9 Å². The summed E-state index contributed by atoms with van der Waals surface area (Å²) < 4.78 is 14.3. The van der Waals surface area contributed by atoms with E-state index in [0.29, 0.717) is 10.3 Å². The molecule has 100 valence electrons. The van der Waals surface area contributed by atoms with E-state index in [2.05, 4.69) is 31.4 Å². The van der Waals surface area contributed by atoms with Crippen molar-refractivity contribution in [3.63, 3.8) is 0 Å². The number of rotatable bonds is 2. The number of fused-ring (bicyclic) bond motifs is 1. The van der Waals surface area contributed by atoms with Gasteiger partial charge >= 0.3 is 0 Å². The highest BCUT2D eigenvalue weighted by molar-refractivity contribution is 9.10. The van der Waals surface area contributed by atoms with Gasteiger partial charge in [0, 0.05) is 9.86 Å². The normalized spacial score (nSPS) is 10.7. The van der Waals surface area contributed by atoms with E-state index in [4.69, 9.17) is 0 Å². The number of carbonyl (C=O) groups excluding carboxylic acids is 1. The monoisotopic (exact) mass is 333 g/mol. The van der Waals surface area contributed by atoms with Crippen molar-refractivity contribution in [1.29, 1.82) is 0 Å². The average Bonchev–Trinajstić information content (AvgIpc) is 2.82. The minimum Gasteiger partial charge on any atom is -0.304 e. The molecule has 3 aromatic rings. The van der Waals surface area contributed by atoms with Crippen LogP contribution in [0.2, 0.25) is 0 Å². The molecule has 4 nitrogen and oxygen atoms in total. The molecule has 0 aliphatic heterocycles. The lowest BCUT2D eigenvalue weighted by Crippen LogP contribution is -2.14. The lowest BCUT2D eigenvalue weighted by molar-refractivity contribution is 0.102. The van der Waals surface area contributed by atoms with Crippen molar-refractivity contribution in [2.75, 3.05) is 5.32 Å². The molecule has 0 unspecified atom stereocenters. The number of aromatic nitrogens is 2. The summed E-state index contributed by atoms with van der Waals surface area (Å²) in [7, 11) is 0. The van der Waals surface area contributed by atoms with E-state index in [0.717, 1.165) is 10.9 Å². The van der Waals surface area contributed by atoms with Crippen LogP contribution in [-0.2, 0) is 0 Å². The summed E-state index contributed by atoms with van der Waals surface area (Å²) in [5, 5.41) is 10.2. The van der Waals surface area contributed by atoms with Crippen molar-refractivity contribution in [2.45, 2.75) is 0 Å². The van der Waals surface area contributed by atoms with Gasteiger partial charge in [0.1, 0.15) is 5.82 Å². The van der Waals surface area contributed by atoms with Crippen LogP contribution in [0, 0.1) is 5.82 Å². The fourth-order valence-corrected chi connectivity index (χ4v) is 2.24. The summed E-state index contributed by atoms with van der Waals surface area (Å²) in [5.74, 6) is -0.739. The first-order chi connectivity index (χ1) is 9.65. The van der Waals surface area contributed by atoms with Crippen LogP contribution in [0.15, 0.2) is 46.9 Å². The molecule has 0 aliphatic carbocycles. The Bertz CT molecular complexity index is 800. The van der Waals surface area contributed by atoms with Crippen molar-refractivity contribution in [2.24, 2.45) is 0 Å². The van der Waals surface area contributed by atoms with Crippen LogP contribution in [0.1, 0.15) is 10.4 Å². The summed E-state index contributed by atoms with van der Waals surface area (Å²) in [5.41, 5.74) is 0.777. The third-order valence-corrected chi connectivity index (χ3v) is 3.37. The Hall–Kier alpha value is -2.21. The lowest BCUT2D eigenvalue weighted by atomic mass is 10.2. The Labute approximate surface area is 122 Å². The second kappa shape index (κ2) is 5.05. The Kier molecular flexibility index (Phi) is 3.23. The molecule has 0 atom stereocenters. The molecule has 2 aromatic carbocycles. The predicted molar refractivity (Wildman–Crippen MR) is 78.1 cm³/mol. The van der Waals surface area contributed by atoms with Gasteiger partial charge in [-0.25, -0.2) is 4.39 Å². The smallest absolute Gasteiger partial charge is 0.259 e. The zero-order valence-corrected chi connectivity index (χ0v) is 11.7. The number of anilines is 1. The summed E-state index contributed by atoms with van der Waals surface area (Å²) in [4.78, 5) is 12.1. The maximum Gasteiger partial charge on any atom is 0.259 e. The van der Waals surface area contributed by atoms with Gasteiger partial charge in [-0.1, -0.05) is 28.1 Å². The third kappa shape index (κ3) is 2.30. The lowest BCUT2D eigenvalue weighted by Gasteiger charge is -2.04. The van der Waals surface area contributed by atoms with E-state index in [1.165, 1.54) is 12.1 Å². The number of hydrogen-bond donors (Lipinski definition) is 2. The topological polar surface area (TPSA) is 57.8 Å². The molecule has 0 aliphatic rings. The highest BCUT2D eigenvalue weighted by Gasteiger charge is 2.14. The van der Waals surface area contributed by atoms with Crippen LogP contribution in [0.3, 0.4) is 0 Å². The molecule has 0 fully saturated rings. The highest BCUT2D eigenvalue weighted by Crippen LogP contribution is 2.21. The van der Waals surface area contributed by atoms with Crippen LogP contribution in [0.25, 0.3) is 10.9 Å². The Morgan fingerprint density at radius 1 is 1.25 bits per heavy atom. The maximum atomic E-state index is 13.7. The van der Waals surface area contributed by atoms with E-state index in [1.54, 1.807) is 6.07 Å². The van der Waals surface area contributed by atoms with E-state index >= 15 is 0 Å². The molecule has 2 N–H and O–H groups in total. The van der Waals surface area contributed by atoms with Crippen molar-refractivity contribution in [3.05, 3.63) is 58.3 Å². The van der Waals surface area contributed by atoms with Crippen LogP contribution < -0.4 is 5.32 Å². The number of para-hydroxylation sites is 1. The van der Waals surface area contributed by atoms with Gasteiger partial charge in [0.05, 0.1) is 11.1 Å². The van der Waals surface area contributed by atoms with Crippen molar-refractivity contribution in [1.82, 2.24) is 10.2 Å². The average molecular weight is 334 g/mol. The van der Waals surface area contributed by atoms with Gasteiger partial charge in [-0.3, -0.25) is 9.89 Å². The number of aromatic amines is 1. The van der Waals surface area contributed by atoms with Gasteiger partial charge in [0.25, 0.3) is 5.91 Å². The summed E-state index contributed by atoms with van der Waals surface area (Å²) >= 11 is 3.15. The standard InChI is InChI=1S/C14H9BrFN3O/c15-8-5-6-9(11(16)7-8)14(20)17-13-10-3-1-2-4-12(10)18-19-13/h1-7H,(H2,17,18,19,20). The van der Waals surface area contributed by atoms with Crippen LogP contribution in [0.5, 0.6) is 0 Å².